The van der Waals surface area contributed by atoms with Crippen molar-refractivity contribution in [2.75, 3.05) is 25.5 Å². The van der Waals surface area contributed by atoms with Crippen LogP contribution in [0, 0.1) is 6.92 Å². The van der Waals surface area contributed by atoms with E-state index in [4.69, 9.17) is 9.47 Å². The lowest BCUT2D eigenvalue weighted by atomic mass is 10.2. The van der Waals surface area contributed by atoms with Gasteiger partial charge in [-0.15, -0.1) is 0 Å². The largest absolute Gasteiger partial charge is 0.495 e. The smallest absolute Gasteiger partial charge is 0.324 e. The molecule has 27 heavy (non-hydrogen) atoms. The van der Waals surface area contributed by atoms with Crippen molar-refractivity contribution in [1.82, 2.24) is 10.2 Å². The van der Waals surface area contributed by atoms with Gasteiger partial charge < -0.3 is 20.1 Å². The Balaban J connectivity index is 1.80. The molecule has 1 saturated heterocycles. The number of aryl methyl sites for hydroxylation is 1. The molecule has 1 aliphatic rings. The van der Waals surface area contributed by atoms with Crippen molar-refractivity contribution in [2.24, 2.45) is 0 Å². The maximum Gasteiger partial charge on any atom is 0.324 e. The van der Waals surface area contributed by atoms with Crippen molar-refractivity contribution in [2.45, 2.75) is 32.8 Å². The third kappa shape index (κ3) is 5.44. The minimum Gasteiger partial charge on any atom is -0.495 e. The third-order valence-electron chi connectivity index (χ3n) is 3.99. The number of esters is 1. The highest BCUT2D eigenvalue weighted by atomic mass is 16.5. The number of imide groups is 1. The molecule has 1 aromatic carbocycles. The van der Waals surface area contributed by atoms with E-state index in [1.54, 1.807) is 12.1 Å². The fourth-order valence-electron chi connectivity index (χ4n) is 2.53. The minimum absolute atomic E-state index is 0.0115. The molecule has 9 heteroatoms. The molecular weight excluding hydrogens is 354 g/mol. The second-order valence-corrected chi connectivity index (χ2v) is 6.13. The van der Waals surface area contributed by atoms with Crippen molar-refractivity contribution in [1.29, 1.82) is 0 Å². The predicted octanol–water partition coefficient (Wildman–Crippen LogP) is 1.21. The Kier molecular flexibility index (Phi) is 6.75. The summed E-state index contributed by atoms with van der Waals surface area (Å²) in [7, 11) is 1.50. The monoisotopic (exact) mass is 377 g/mol. The molecule has 1 atom stereocenters. The average molecular weight is 377 g/mol. The van der Waals surface area contributed by atoms with Gasteiger partial charge in [0, 0.05) is 13.0 Å². The number of rotatable bonds is 8. The van der Waals surface area contributed by atoms with E-state index < -0.39 is 24.0 Å². The highest BCUT2D eigenvalue weighted by Crippen LogP contribution is 2.25. The number of carbonyl (C=O) groups excluding carboxylic acids is 4. The number of benzene rings is 1. The molecule has 1 aliphatic heterocycles. The van der Waals surface area contributed by atoms with Gasteiger partial charge in [-0.05, 0) is 38.0 Å². The molecule has 9 nitrogen and oxygen atoms in total. The lowest BCUT2D eigenvalue weighted by Gasteiger charge is -2.16. The Hall–Kier alpha value is -3.10. The predicted molar refractivity (Wildman–Crippen MR) is 96.3 cm³/mol. The van der Waals surface area contributed by atoms with Crippen molar-refractivity contribution < 1.29 is 28.7 Å². The lowest BCUT2D eigenvalue weighted by Crippen LogP contribution is -2.33. The number of carbonyl (C=O) groups is 4. The first kappa shape index (κ1) is 20.2. The van der Waals surface area contributed by atoms with Crippen LogP contribution in [-0.4, -0.2) is 55.0 Å². The zero-order valence-corrected chi connectivity index (χ0v) is 15.5. The quantitative estimate of drug-likeness (QED) is 0.520. The van der Waals surface area contributed by atoms with E-state index in [2.05, 4.69) is 10.6 Å². The van der Waals surface area contributed by atoms with Crippen LogP contribution in [0.1, 0.15) is 25.3 Å². The van der Waals surface area contributed by atoms with E-state index in [1.807, 2.05) is 13.0 Å². The van der Waals surface area contributed by atoms with Gasteiger partial charge in [-0.3, -0.25) is 19.3 Å². The van der Waals surface area contributed by atoms with E-state index in [0.29, 0.717) is 11.4 Å². The Morgan fingerprint density at radius 1 is 1.33 bits per heavy atom. The van der Waals surface area contributed by atoms with E-state index in [1.165, 1.54) is 14.0 Å². The Morgan fingerprint density at radius 3 is 2.70 bits per heavy atom. The molecule has 2 rings (SSSR count). The molecule has 0 unspecified atom stereocenters. The maximum absolute atomic E-state index is 12.2. The first-order valence-electron chi connectivity index (χ1n) is 8.55. The number of nitrogens with zero attached hydrogens (tertiary/aromatic N) is 1. The van der Waals surface area contributed by atoms with Crippen LogP contribution in [-0.2, 0) is 19.1 Å². The SMILES string of the molecule is COc1ccc(C)cc1NC(=O)[C@H](C)OC(=O)CCCN1C(=O)CNC1=O. The Morgan fingerprint density at radius 2 is 2.07 bits per heavy atom. The van der Waals surface area contributed by atoms with Gasteiger partial charge in [0.25, 0.3) is 5.91 Å². The molecular formula is C18H23N3O6. The topological polar surface area (TPSA) is 114 Å². The summed E-state index contributed by atoms with van der Waals surface area (Å²) in [6.45, 7) is 3.45. The lowest BCUT2D eigenvalue weighted by molar-refractivity contribution is -0.153. The van der Waals surface area contributed by atoms with Crippen LogP contribution >= 0.6 is 0 Å². The normalized spacial score (nSPS) is 14.6. The number of methoxy groups -OCH3 is 1. The van der Waals surface area contributed by atoms with Gasteiger partial charge in [0.2, 0.25) is 5.91 Å². The summed E-state index contributed by atoms with van der Waals surface area (Å²) in [6.07, 6.45) is -0.750. The van der Waals surface area contributed by atoms with Crippen LogP contribution in [0.25, 0.3) is 0 Å². The number of hydrogen-bond acceptors (Lipinski definition) is 6. The average Bonchev–Trinajstić information content (AvgIpc) is 2.93. The molecule has 0 aliphatic carbocycles. The molecule has 0 saturated carbocycles. The fourth-order valence-corrected chi connectivity index (χ4v) is 2.53. The van der Waals surface area contributed by atoms with Gasteiger partial charge >= 0.3 is 12.0 Å². The number of anilines is 1. The number of nitrogens with one attached hydrogen (secondary N) is 2. The molecule has 0 radical (unpaired) electrons. The summed E-state index contributed by atoms with van der Waals surface area (Å²) in [5.74, 6) is -0.892. The van der Waals surface area contributed by atoms with Crippen molar-refractivity contribution in [3.05, 3.63) is 23.8 Å². The highest BCUT2D eigenvalue weighted by Gasteiger charge is 2.28. The Bertz CT molecular complexity index is 733. The molecule has 1 aromatic rings. The van der Waals surface area contributed by atoms with Gasteiger partial charge in [-0.25, -0.2) is 4.79 Å². The van der Waals surface area contributed by atoms with Crippen LogP contribution in [0.4, 0.5) is 10.5 Å². The molecule has 0 aromatic heterocycles. The zero-order chi connectivity index (χ0) is 20.0. The van der Waals surface area contributed by atoms with Crippen LogP contribution < -0.4 is 15.4 Å². The van der Waals surface area contributed by atoms with Gasteiger partial charge in [0.05, 0.1) is 19.3 Å². The summed E-state index contributed by atoms with van der Waals surface area (Å²) < 4.78 is 10.3. The first-order valence-corrected chi connectivity index (χ1v) is 8.55. The third-order valence-corrected chi connectivity index (χ3v) is 3.99. The van der Waals surface area contributed by atoms with Crippen molar-refractivity contribution in [3.63, 3.8) is 0 Å². The van der Waals surface area contributed by atoms with Crippen LogP contribution in [0.5, 0.6) is 5.75 Å². The summed E-state index contributed by atoms with van der Waals surface area (Å²) in [5.41, 5.74) is 1.43. The molecule has 0 spiro atoms. The highest BCUT2D eigenvalue weighted by molar-refractivity contribution is 6.02. The summed E-state index contributed by atoms with van der Waals surface area (Å²) in [5, 5.41) is 5.07. The van der Waals surface area contributed by atoms with Crippen LogP contribution in [0.3, 0.4) is 0 Å². The summed E-state index contributed by atoms with van der Waals surface area (Å²) in [6, 6.07) is 4.87. The summed E-state index contributed by atoms with van der Waals surface area (Å²) in [4.78, 5) is 48.0. The number of urea groups is 1. The van der Waals surface area contributed by atoms with E-state index >= 15 is 0 Å². The molecule has 0 bridgehead atoms. The van der Waals surface area contributed by atoms with E-state index in [9.17, 15) is 19.2 Å². The van der Waals surface area contributed by atoms with Crippen molar-refractivity contribution >= 4 is 29.5 Å². The second-order valence-electron chi connectivity index (χ2n) is 6.13. The molecule has 146 valence electrons. The molecule has 2 N–H and O–H groups in total. The number of hydrogen-bond donors (Lipinski definition) is 2. The van der Waals surface area contributed by atoms with Gasteiger partial charge in [0.1, 0.15) is 5.75 Å². The fraction of sp³-hybridized carbons (Fsp3) is 0.444. The standard InChI is InChI=1S/C18H23N3O6/c1-11-6-7-14(26-3)13(9-11)20-17(24)12(2)27-16(23)5-4-8-21-15(22)10-19-18(21)25/h6-7,9,12H,4-5,8,10H2,1-3H3,(H,19,25)(H,20,24)/t12-/m0/s1. The van der Waals surface area contributed by atoms with Gasteiger partial charge in [0.15, 0.2) is 6.10 Å². The number of ether oxygens (including phenoxy) is 2. The van der Waals surface area contributed by atoms with Crippen LogP contribution in [0.15, 0.2) is 18.2 Å². The second kappa shape index (κ2) is 9.02. The maximum atomic E-state index is 12.2. The van der Waals surface area contributed by atoms with Gasteiger partial charge in [-0.2, -0.15) is 0 Å². The minimum atomic E-state index is -1.00. The molecule has 4 amide bonds. The van der Waals surface area contributed by atoms with Crippen molar-refractivity contribution in [3.8, 4) is 5.75 Å². The summed E-state index contributed by atoms with van der Waals surface area (Å²) >= 11 is 0. The number of amides is 4. The first-order chi connectivity index (χ1) is 12.8. The molecule has 1 heterocycles. The van der Waals surface area contributed by atoms with E-state index in [-0.39, 0.29) is 31.8 Å². The molecule has 1 fully saturated rings. The Labute approximate surface area is 157 Å². The van der Waals surface area contributed by atoms with Gasteiger partial charge in [-0.1, -0.05) is 6.07 Å². The van der Waals surface area contributed by atoms with Crippen LogP contribution in [0.2, 0.25) is 0 Å². The zero-order valence-electron chi connectivity index (χ0n) is 15.5. The van der Waals surface area contributed by atoms with E-state index in [0.717, 1.165) is 10.5 Å².